The van der Waals surface area contributed by atoms with Gasteiger partial charge in [0, 0.05) is 32.1 Å². The molecule has 0 bridgehead atoms. The summed E-state index contributed by atoms with van der Waals surface area (Å²) in [5.41, 5.74) is 0.583. The van der Waals surface area contributed by atoms with E-state index in [9.17, 15) is 0 Å². The second kappa shape index (κ2) is 5.83. The van der Waals surface area contributed by atoms with Crippen molar-refractivity contribution in [2.45, 2.75) is 44.6 Å². The quantitative estimate of drug-likeness (QED) is 0.738. The number of piperidine rings is 1. The number of ether oxygens (including phenoxy) is 1. The van der Waals surface area contributed by atoms with Crippen LogP contribution in [-0.4, -0.2) is 43.1 Å². The van der Waals surface area contributed by atoms with Gasteiger partial charge in [0.1, 0.15) is 0 Å². The summed E-state index contributed by atoms with van der Waals surface area (Å²) in [5.74, 6) is 0. The van der Waals surface area contributed by atoms with E-state index in [0.29, 0.717) is 11.5 Å². The summed E-state index contributed by atoms with van der Waals surface area (Å²) in [7, 11) is 1.84. The average molecular weight is 290 g/mol. The van der Waals surface area contributed by atoms with Crippen molar-refractivity contribution in [1.82, 2.24) is 4.90 Å². The fraction of sp³-hybridized carbons (Fsp3) is 1.00. The molecule has 0 aromatic carbocycles. The van der Waals surface area contributed by atoms with Gasteiger partial charge in [-0.25, -0.2) is 0 Å². The molecule has 1 aliphatic heterocycles. The fourth-order valence-corrected chi connectivity index (χ4v) is 3.97. The highest BCUT2D eigenvalue weighted by Crippen LogP contribution is 2.40. The fourth-order valence-electron chi connectivity index (χ4n) is 3.24. The third-order valence-electron chi connectivity index (χ3n) is 4.37. The van der Waals surface area contributed by atoms with Crippen LogP contribution in [0.5, 0.6) is 0 Å². The first-order chi connectivity index (χ1) is 7.78. The summed E-state index contributed by atoms with van der Waals surface area (Å²) in [4.78, 5) is 2.65. The van der Waals surface area contributed by atoms with Crippen LogP contribution in [-0.2, 0) is 4.74 Å². The molecule has 1 heterocycles. The summed E-state index contributed by atoms with van der Waals surface area (Å²) in [6.07, 6.45) is 8.65. The minimum Gasteiger partial charge on any atom is -0.381 e. The van der Waals surface area contributed by atoms with Gasteiger partial charge in [-0.1, -0.05) is 28.8 Å². The van der Waals surface area contributed by atoms with E-state index in [0.717, 1.165) is 0 Å². The standard InChI is InChI=1S/C13H24BrNO/c1-16-12-4-8-15(9-5-12)11-13(10-14)6-2-3-7-13/h12H,2-11H2,1H3. The molecule has 0 aromatic heterocycles. The molecule has 0 radical (unpaired) electrons. The van der Waals surface area contributed by atoms with Crippen molar-refractivity contribution in [1.29, 1.82) is 0 Å². The Kier molecular flexibility index (Phi) is 4.68. The maximum absolute atomic E-state index is 5.42. The SMILES string of the molecule is COC1CCN(CC2(CBr)CCCC2)CC1. The molecule has 2 rings (SSSR count). The molecule has 0 spiro atoms. The van der Waals surface area contributed by atoms with E-state index in [2.05, 4.69) is 20.8 Å². The summed E-state index contributed by atoms with van der Waals surface area (Å²) >= 11 is 3.73. The number of methoxy groups -OCH3 is 1. The molecule has 0 atom stereocenters. The van der Waals surface area contributed by atoms with Gasteiger partial charge in [-0.2, -0.15) is 0 Å². The summed E-state index contributed by atoms with van der Waals surface area (Å²) < 4.78 is 5.42. The molecule has 0 amide bonds. The maximum atomic E-state index is 5.42. The zero-order valence-corrected chi connectivity index (χ0v) is 12.0. The zero-order valence-electron chi connectivity index (χ0n) is 10.4. The topological polar surface area (TPSA) is 12.5 Å². The summed E-state index contributed by atoms with van der Waals surface area (Å²) in [6, 6.07) is 0. The van der Waals surface area contributed by atoms with Crippen LogP contribution in [0.3, 0.4) is 0 Å². The Balaban J connectivity index is 1.81. The van der Waals surface area contributed by atoms with Crippen LogP contribution in [0.1, 0.15) is 38.5 Å². The van der Waals surface area contributed by atoms with E-state index in [4.69, 9.17) is 4.74 Å². The minimum absolute atomic E-state index is 0.514. The van der Waals surface area contributed by atoms with Crippen LogP contribution in [0, 0.1) is 5.41 Å². The molecule has 1 saturated heterocycles. The van der Waals surface area contributed by atoms with Gasteiger partial charge in [0.2, 0.25) is 0 Å². The van der Waals surface area contributed by atoms with Gasteiger partial charge in [-0.15, -0.1) is 0 Å². The number of hydrogen-bond donors (Lipinski definition) is 0. The normalized spacial score (nSPS) is 27.4. The highest BCUT2D eigenvalue weighted by Gasteiger charge is 2.35. The van der Waals surface area contributed by atoms with Gasteiger partial charge in [0.05, 0.1) is 6.10 Å². The first-order valence-corrected chi connectivity index (χ1v) is 7.71. The summed E-state index contributed by atoms with van der Waals surface area (Å²) in [6.45, 7) is 3.76. The lowest BCUT2D eigenvalue weighted by molar-refractivity contribution is 0.0294. The van der Waals surface area contributed by atoms with Crippen LogP contribution >= 0.6 is 15.9 Å². The molecular weight excluding hydrogens is 266 g/mol. The number of rotatable bonds is 4. The van der Waals surface area contributed by atoms with Gasteiger partial charge in [0.15, 0.2) is 0 Å². The third kappa shape index (κ3) is 2.99. The molecule has 1 saturated carbocycles. The highest BCUT2D eigenvalue weighted by molar-refractivity contribution is 9.09. The molecule has 0 unspecified atom stereocenters. The maximum Gasteiger partial charge on any atom is 0.0595 e. The van der Waals surface area contributed by atoms with Gasteiger partial charge >= 0.3 is 0 Å². The molecule has 16 heavy (non-hydrogen) atoms. The van der Waals surface area contributed by atoms with E-state index >= 15 is 0 Å². The molecule has 2 aliphatic rings. The molecule has 3 heteroatoms. The first kappa shape index (κ1) is 12.8. The molecular formula is C13H24BrNO. The van der Waals surface area contributed by atoms with Crippen LogP contribution in [0.25, 0.3) is 0 Å². The first-order valence-electron chi connectivity index (χ1n) is 6.59. The lowest BCUT2D eigenvalue weighted by Crippen LogP contribution is -2.43. The number of hydrogen-bond acceptors (Lipinski definition) is 2. The second-order valence-electron chi connectivity index (χ2n) is 5.55. The third-order valence-corrected chi connectivity index (χ3v) is 5.56. The predicted molar refractivity (Wildman–Crippen MR) is 71.2 cm³/mol. The van der Waals surface area contributed by atoms with Crippen LogP contribution in [0.15, 0.2) is 0 Å². The van der Waals surface area contributed by atoms with Crippen molar-refractivity contribution in [3.63, 3.8) is 0 Å². The number of halogens is 1. The Morgan fingerprint density at radius 1 is 1.25 bits per heavy atom. The Hall–Kier alpha value is 0.400. The van der Waals surface area contributed by atoms with E-state index in [1.165, 1.54) is 63.5 Å². The Morgan fingerprint density at radius 3 is 2.38 bits per heavy atom. The Bertz CT molecular complexity index is 208. The van der Waals surface area contributed by atoms with Gasteiger partial charge in [-0.05, 0) is 31.1 Å². The molecule has 0 aromatic rings. The van der Waals surface area contributed by atoms with E-state index < -0.39 is 0 Å². The molecule has 1 aliphatic carbocycles. The van der Waals surface area contributed by atoms with E-state index in [-0.39, 0.29) is 0 Å². The Labute approximate surface area is 108 Å². The average Bonchev–Trinajstić information content (AvgIpc) is 2.79. The number of alkyl halides is 1. The predicted octanol–water partition coefficient (Wildman–Crippen LogP) is 3.05. The van der Waals surface area contributed by atoms with Crippen molar-refractivity contribution >= 4 is 15.9 Å². The molecule has 2 fully saturated rings. The number of likely N-dealkylation sites (tertiary alicyclic amines) is 1. The van der Waals surface area contributed by atoms with Crippen molar-refractivity contribution in [2.75, 3.05) is 32.1 Å². The van der Waals surface area contributed by atoms with Gasteiger partial charge in [-0.3, -0.25) is 0 Å². The highest BCUT2D eigenvalue weighted by atomic mass is 79.9. The van der Waals surface area contributed by atoms with Crippen molar-refractivity contribution < 1.29 is 4.74 Å². The molecule has 94 valence electrons. The minimum atomic E-state index is 0.514. The van der Waals surface area contributed by atoms with Crippen LogP contribution < -0.4 is 0 Å². The van der Waals surface area contributed by atoms with Crippen LogP contribution in [0.2, 0.25) is 0 Å². The zero-order chi connectivity index (χ0) is 11.4. The summed E-state index contributed by atoms with van der Waals surface area (Å²) in [5, 5.41) is 1.18. The van der Waals surface area contributed by atoms with Crippen molar-refractivity contribution in [3.05, 3.63) is 0 Å². The number of nitrogens with zero attached hydrogens (tertiary/aromatic N) is 1. The van der Waals surface area contributed by atoms with Gasteiger partial charge in [0.25, 0.3) is 0 Å². The molecule has 2 nitrogen and oxygen atoms in total. The van der Waals surface area contributed by atoms with Crippen molar-refractivity contribution in [3.8, 4) is 0 Å². The Morgan fingerprint density at radius 2 is 1.88 bits per heavy atom. The lowest BCUT2D eigenvalue weighted by Gasteiger charge is -2.38. The van der Waals surface area contributed by atoms with Gasteiger partial charge < -0.3 is 9.64 Å². The molecule has 0 N–H and O–H groups in total. The lowest BCUT2D eigenvalue weighted by atomic mass is 9.87. The smallest absolute Gasteiger partial charge is 0.0595 e. The monoisotopic (exact) mass is 289 g/mol. The second-order valence-corrected chi connectivity index (χ2v) is 6.11. The largest absolute Gasteiger partial charge is 0.381 e. The van der Waals surface area contributed by atoms with Crippen molar-refractivity contribution in [2.24, 2.45) is 5.41 Å². The van der Waals surface area contributed by atoms with Crippen LogP contribution in [0.4, 0.5) is 0 Å². The van der Waals surface area contributed by atoms with E-state index in [1.807, 2.05) is 7.11 Å². The van der Waals surface area contributed by atoms with E-state index in [1.54, 1.807) is 0 Å².